The SMILES string of the molecule is CCC/C(C(=O)OCC)=C(\F)C(=O)OCC. The molecule has 0 aliphatic rings. The van der Waals surface area contributed by atoms with Gasteiger partial charge in [-0.25, -0.2) is 9.59 Å². The van der Waals surface area contributed by atoms with Gasteiger partial charge in [-0.2, -0.15) is 4.39 Å². The van der Waals surface area contributed by atoms with Gasteiger partial charge in [0.15, 0.2) is 0 Å². The van der Waals surface area contributed by atoms with Gasteiger partial charge in [-0.3, -0.25) is 0 Å². The summed E-state index contributed by atoms with van der Waals surface area (Å²) in [6.45, 7) is 5.16. The van der Waals surface area contributed by atoms with Crippen molar-refractivity contribution in [2.45, 2.75) is 33.6 Å². The van der Waals surface area contributed by atoms with Gasteiger partial charge in [0.25, 0.3) is 0 Å². The fraction of sp³-hybridized carbons (Fsp3) is 0.636. The number of halogens is 1. The van der Waals surface area contributed by atoms with E-state index in [9.17, 15) is 14.0 Å². The third-order valence-electron chi connectivity index (χ3n) is 1.74. The number of carbonyl (C=O) groups is 2. The molecule has 16 heavy (non-hydrogen) atoms. The maximum absolute atomic E-state index is 13.5. The molecule has 0 spiro atoms. The normalized spacial score (nSPS) is 11.8. The largest absolute Gasteiger partial charge is 0.463 e. The van der Waals surface area contributed by atoms with Crippen molar-refractivity contribution in [2.24, 2.45) is 0 Å². The molecule has 0 aromatic rings. The quantitative estimate of drug-likeness (QED) is 0.520. The molecular formula is C11H17FO4. The fourth-order valence-corrected chi connectivity index (χ4v) is 1.09. The van der Waals surface area contributed by atoms with Crippen LogP contribution in [0.4, 0.5) is 4.39 Å². The Bertz CT molecular complexity index is 284. The summed E-state index contributed by atoms with van der Waals surface area (Å²) in [6.07, 6.45) is 0.699. The van der Waals surface area contributed by atoms with Crippen molar-refractivity contribution in [1.82, 2.24) is 0 Å². The van der Waals surface area contributed by atoms with E-state index in [1.54, 1.807) is 20.8 Å². The second-order valence-corrected chi connectivity index (χ2v) is 2.98. The van der Waals surface area contributed by atoms with Crippen molar-refractivity contribution >= 4 is 11.9 Å². The van der Waals surface area contributed by atoms with Crippen LogP contribution >= 0.6 is 0 Å². The van der Waals surface area contributed by atoms with Gasteiger partial charge in [0.1, 0.15) is 0 Å². The maximum atomic E-state index is 13.5. The van der Waals surface area contributed by atoms with Gasteiger partial charge in [0.05, 0.1) is 18.8 Å². The number of rotatable bonds is 6. The predicted molar refractivity (Wildman–Crippen MR) is 56.3 cm³/mol. The third-order valence-corrected chi connectivity index (χ3v) is 1.74. The number of hydrogen-bond acceptors (Lipinski definition) is 4. The second-order valence-electron chi connectivity index (χ2n) is 2.98. The minimum absolute atomic E-state index is 0.0640. The van der Waals surface area contributed by atoms with Crippen molar-refractivity contribution in [3.8, 4) is 0 Å². The van der Waals surface area contributed by atoms with Crippen molar-refractivity contribution < 1.29 is 23.5 Å². The lowest BCUT2D eigenvalue weighted by Gasteiger charge is -2.07. The molecule has 0 aromatic heterocycles. The molecule has 4 nitrogen and oxygen atoms in total. The fourth-order valence-electron chi connectivity index (χ4n) is 1.09. The van der Waals surface area contributed by atoms with Crippen molar-refractivity contribution in [3.63, 3.8) is 0 Å². The highest BCUT2D eigenvalue weighted by Gasteiger charge is 2.22. The van der Waals surface area contributed by atoms with E-state index < -0.39 is 17.8 Å². The van der Waals surface area contributed by atoms with Gasteiger partial charge in [-0.15, -0.1) is 0 Å². The average Bonchev–Trinajstić information content (AvgIpc) is 2.25. The third kappa shape index (κ3) is 4.42. The van der Waals surface area contributed by atoms with E-state index in [1.807, 2.05) is 0 Å². The predicted octanol–water partition coefficient (Wildman–Crippen LogP) is 2.14. The second kappa shape index (κ2) is 7.84. The summed E-state index contributed by atoms with van der Waals surface area (Å²) in [4.78, 5) is 22.5. The Kier molecular flexibility index (Phi) is 7.16. The molecule has 0 rings (SSSR count). The monoisotopic (exact) mass is 232 g/mol. The molecule has 92 valence electrons. The lowest BCUT2D eigenvalue weighted by Crippen LogP contribution is -2.14. The molecule has 0 aliphatic carbocycles. The van der Waals surface area contributed by atoms with Crippen molar-refractivity contribution in [3.05, 3.63) is 11.4 Å². The first-order chi connectivity index (χ1) is 7.58. The maximum Gasteiger partial charge on any atom is 0.367 e. The molecule has 0 atom stereocenters. The lowest BCUT2D eigenvalue weighted by molar-refractivity contribution is -0.143. The average molecular weight is 232 g/mol. The van der Waals surface area contributed by atoms with E-state index in [2.05, 4.69) is 9.47 Å². The van der Waals surface area contributed by atoms with Crippen LogP contribution in [0.1, 0.15) is 33.6 Å². The first kappa shape index (κ1) is 14.6. The number of hydrogen-bond donors (Lipinski definition) is 0. The molecule has 0 fully saturated rings. The summed E-state index contributed by atoms with van der Waals surface area (Å²) < 4.78 is 22.7. The smallest absolute Gasteiger partial charge is 0.367 e. The Morgan fingerprint density at radius 2 is 1.50 bits per heavy atom. The van der Waals surface area contributed by atoms with Gasteiger partial charge < -0.3 is 9.47 Å². The van der Waals surface area contributed by atoms with E-state index in [0.29, 0.717) is 6.42 Å². The standard InChI is InChI=1S/C11H17FO4/c1-4-7-8(10(13)15-5-2)9(12)11(14)16-6-3/h4-7H2,1-3H3/b9-8+. The van der Waals surface area contributed by atoms with Crippen LogP contribution < -0.4 is 0 Å². The Balaban J connectivity index is 4.90. The van der Waals surface area contributed by atoms with E-state index in [0.717, 1.165) is 0 Å². The van der Waals surface area contributed by atoms with Crippen LogP contribution in [0.3, 0.4) is 0 Å². The van der Waals surface area contributed by atoms with Crippen LogP contribution in [-0.4, -0.2) is 25.2 Å². The van der Waals surface area contributed by atoms with Gasteiger partial charge in [-0.05, 0) is 20.3 Å². The Labute approximate surface area is 94.4 Å². The molecule has 0 saturated heterocycles. The van der Waals surface area contributed by atoms with Crippen molar-refractivity contribution in [1.29, 1.82) is 0 Å². The molecule has 0 saturated carbocycles. The van der Waals surface area contributed by atoms with Crippen molar-refractivity contribution in [2.75, 3.05) is 13.2 Å². The molecule has 0 aliphatic heterocycles. The summed E-state index contributed by atoms with van der Waals surface area (Å²) in [6, 6.07) is 0. The summed E-state index contributed by atoms with van der Waals surface area (Å²) in [7, 11) is 0. The number of ether oxygens (including phenoxy) is 2. The Morgan fingerprint density at radius 1 is 1.00 bits per heavy atom. The summed E-state index contributed by atoms with van der Waals surface area (Å²) in [5.74, 6) is -3.06. The molecule has 0 radical (unpaired) electrons. The number of esters is 2. The molecule has 0 amide bonds. The Hall–Kier alpha value is -1.39. The van der Waals surface area contributed by atoms with Gasteiger partial charge in [0.2, 0.25) is 5.83 Å². The molecular weight excluding hydrogens is 215 g/mol. The lowest BCUT2D eigenvalue weighted by atomic mass is 10.1. The zero-order valence-corrected chi connectivity index (χ0v) is 9.84. The minimum Gasteiger partial charge on any atom is -0.463 e. The molecule has 5 heteroatoms. The molecule has 0 unspecified atom stereocenters. The Morgan fingerprint density at radius 3 is 1.94 bits per heavy atom. The minimum atomic E-state index is -1.15. The zero-order chi connectivity index (χ0) is 12.6. The van der Waals surface area contributed by atoms with Gasteiger partial charge in [0, 0.05) is 0 Å². The number of carbonyl (C=O) groups excluding carboxylic acids is 2. The summed E-state index contributed by atoms with van der Waals surface area (Å²) in [5.41, 5.74) is -0.247. The van der Waals surface area contributed by atoms with E-state index in [-0.39, 0.29) is 25.2 Å². The highest BCUT2D eigenvalue weighted by Crippen LogP contribution is 2.16. The van der Waals surface area contributed by atoms with Crippen LogP contribution in [0, 0.1) is 0 Å². The van der Waals surface area contributed by atoms with Crippen LogP contribution in [-0.2, 0) is 19.1 Å². The molecule has 0 heterocycles. The zero-order valence-electron chi connectivity index (χ0n) is 9.84. The van der Waals surface area contributed by atoms with Crippen LogP contribution in [0.2, 0.25) is 0 Å². The van der Waals surface area contributed by atoms with E-state index in [4.69, 9.17) is 0 Å². The van der Waals surface area contributed by atoms with Crippen LogP contribution in [0.25, 0.3) is 0 Å². The summed E-state index contributed by atoms with van der Waals surface area (Å²) in [5, 5.41) is 0. The van der Waals surface area contributed by atoms with Crippen LogP contribution in [0.15, 0.2) is 11.4 Å². The molecule has 0 N–H and O–H groups in total. The van der Waals surface area contributed by atoms with Crippen LogP contribution in [0.5, 0.6) is 0 Å². The summed E-state index contributed by atoms with van der Waals surface area (Å²) >= 11 is 0. The van der Waals surface area contributed by atoms with Gasteiger partial charge in [-0.1, -0.05) is 13.3 Å². The molecule has 0 bridgehead atoms. The first-order valence-electron chi connectivity index (χ1n) is 5.31. The highest BCUT2D eigenvalue weighted by molar-refractivity contribution is 5.98. The van der Waals surface area contributed by atoms with Gasteiger partial charge >= 0.3 is 11.9 Å². The highest BCUT2D eigenvalue weighted by atomic mass is 19.1. The van der Waals surface area contributed by atoms with E-state index >= 15 is 0 Å². The first-order valence-corrected chi connectivity index (χ1v) is 5.31. The van der Waals surface area contributed by atoms with E-state index in [1.165, 1.54) is 0 Å². The molecule has 0 aromatic carbocycles. The topological polar surface area (TPSA) is 52.6 Å².